The van der Waals surface area contributed by atoms with Crippen molar-refractivity contribution in [1.29, 1.82) is 0 Å². The van der Waals surface area contributed by atoms with Gasteiger partial charge >= 0.3 is 0 Å². The predicted molar refractivity (Wildman–Crippen MR) is 77.2 cm³/mol. The zero-order chi connectivity index (χ0) is 12.4. The normalized spacial score (nSPS) is 15.4. The van der Waals surface area contributed by atoms with Crippen LogP contribution < -0.4 is 5.73 Å². The molecule has 0 aliphatic heterocycles. The fraction of sp³-hybridized carbons (Fsp3) is 1.00. The van der Waals surface area contributed by atoms with Crippen LogP contribution in [-0.2, 0) is 0 Å². The Kier molecular flexibility index (Phi) is 10.6. The molecule has 0 bridgehead atoms. The molecule has 0 fully saturated rings. The quantitative estimate of drug-likeness (QED) is 0.643. The van der Waals surface area contributed by atoms with Crippen LogP contribution in [0.5, 0.6) is 0 Å². The Labute approximate surface area is 106 Å². The molecule has 3 heteroatoms. The average Bonchev–Trinajstić information content (AvgIpc) is 2.28. The molecule has 0 amide bonds. The summed E-state index contributed by atoms with van der Waals surface area (Å²) in [5.41, 5.74) is 5.61. The molecule has 0 aliphatic carbocycles. The Hall–Kier alpha value is 0.270. The first-order valence-corrected chi connectivity index (χ1v) is 7.94. The Morgan fingerprint density at radius 1 is 1.31 bits per heavy atom. The lowest BCUT2D eigenvalue weighted by Gasteiger charge is -2.24. The maximum absolute atomic E-state index is 5.61. The van der Waals surface area contributed by atoms with E-state index in [9.17, 15) is 0 Å². The molecule has 0 rings (SSSR count). The lowest BCUT2D eigenvalue weighted by molar-refractivity contribution is 0.261. The van der Waals surface area contributed by atoms with Crippen LogP contribution in [0.25, 0.3) is 0 Å². The second-order valence-electron chi connectivity index (χ2n) is 4.78. The van der Waals surface area contributed by atoms with Crippen molar-refractivity contribution in [3.05, 3.63) is 0 Å². The molecule has 0 saturated carbocycles. The molecule has 0 aromatic rings. The number of thioether (sulfide) groups is 1. The number of rotatable bonds is 10. The largest absolute Gasteiger partial charge is 0.330 e. The lowest BCUT2D eigenvalue weighted by Crippen LogP contribution is -2.32. The van der Waals surface area contributed by atoms with E-state index in [0.717, 1.165) is 12.5 Å². The van der Waals surface area contributed by atoms with Crippen LogP contribution in [0.15, 0.2) is 0 Å². The highest BCUT2D eigenvalue weighted by Crippen LogP contribution is 2.15. The van der Waals surface area contributed by atoms with Gasteiger partial charge in [-0.1, -0.05) is 13.3 Å². The summed E-state index contributed by atoms with van der Waals surface area (Å²) in [7, 11) is 2.24. The van der Waals surface area contributed by atoms with Gasteiger partial charge in [-0.25, -0.2) is 0 Å². The third-order valence-corrected chi connectivity index (χ3v) is 4.25. The highest BCUT2D eigenvalue weighted by Gasteiger charge is 2.09. The van der Waals surface area contributed by atoms with Crippen molar-refractivity contribution in [2.75, 3.05) is 32.1 Å². The fourth-order valence-electron chi connectivity index (χ4n) is 2.01. The van der Waals surface area contributed by atoms with E-state index in [2.05, 4.69) is 32.1 Å². The maximum atomic E-state index is 5.61. The highest BCUT2D eigenvalue weighted by molar-refractivity contribution is 7.98. The van der Waals surface area contributed by atoms with Crippen LogP contribution >= 0.6 is 11.8 Å². The SMILES string of the molecule is CCC(CCN)CCCN(C)C(C)CSC. The molecule has 0 saturated heterocycles. The first-order valence-electron chi connectivity index (χ1n) is 6.54. The molecule has 0 radical (unpaired) electrons. The zero-order valence-corrected chi connectivity index (χ0v) is 12.4. The monoisotopic (exact) mass is 246 g/mol. The molecule has 16 heavy (non-hydrogen) atoms. The minimum atomic E-state index is 0.699. The molecule has 0 aromatic heterocycles. The number of hydrogen-bond acceptors (Lipinski definition) is 3. The molecule has 2 unspecified atom stereocenters. The summed E-state index contributed by atoms with van der Waals surface area (Å²) >= 11 is 1.93. The van der Waals surface area contributed by atoms with Crippen molar-refractivity contribution < 1.29 is 0 Å². The summed E-state index contributed by atoms with van der Waals surface area (Å²) in [5.74, 6) is 2.07. The first kappa shape index (κ1) is 16.3. The third kappa shape index (κ3) is 7.53. The predicted octanol–water partition coefficient (Wildman–Crippen LogP) is 2.82. The Balaban J connectivity index is 3.62. The molecule has 0 heterocycles. The summed E-state index contributed by atoms with van der Waals surface area (Å²) in [4.78, 5) is 2.48. The summed E-state index contributed by atoms with van der Waals surface area (Å²) in [5, 5.41) is 0. The Bertz CT molecular complexity index is 153. The number of nitrogens with two attached hydrogens (primary N) is 1. The first-order chi connectivity index (χ1) is 7.65. The van der Waals surface area contributed by atoms with Crippen LogP contribution in [0, 0.1) is 5.92 Å². The van der Waals surface area contributed by atoms with Gasteiger partial charge in [0.15, 0.2) is 0 Å². The summed E-state index contributed by atoms with van der Waals surface area (Å²) < 4.78 is 0. The molecular weight excluding hydrogens is 216 g/mol. The van der Waals surface area contributed by atoms with Gasteiger partial charge < -0.3 is 10.6 Å². The standard InChI is InChI=1S/C13H30N2S/c1-5-13(8-9-14)7-6-10-15(3)12(2)11-16-4/h12-13H,5-11,14H2,1-4H3. The lowest BCUT2D eigenvalue weighted by atomic mass is 9.96. The van der Waals surface area contributed by atoms with Gasteiger partial charge in [0, 0.05) is 11.8 Å². The zero-order valence-electron chi connectivity index (χ0n) is 11.5. The van der Waals surface area contributed by atoms with Gasteiger partial charge in [0.2, 0.25) is 0 Å². The van der Waals surface area contributed by atoms with E-state index < -0.39 is 0 Å². The van der Waals surface area contributed by atoms with E-state index in [1.54, 1.807) is 0 Å². The second kappa shape index (κ2) is 10.4. The second-order valence-corrected chi connectivity index (χ2v) is 5.69. The molecule has 0 aliphatic rings. The minimum absolute atomic E-state index is 0.699. The van der Waals surface area contributed by atoms with Gasteiger partial charge in [0.25, 0.3) is 0 Å². The molecule has 0 aromatic carbocycles. The minimum Gasteiger partial charge on any atom is -0.330 e. The topological polar surface area (TPSA) is 29.3 Å². The van der Waals surface area contributed by atoms with E-state index in [-0.39, 0.29) is 0 Å². The van der Waals surface area contributed by atoms with Crippen LogP contribution in [0.1, 0.15) is 39.5 Å². The van der Waals surface area contributed by atoms with Crippen molar-refractivity contribution in [2.45, 2.75) is 45.6 Å². The van der Waals surface area contributed by atoms with Crippen LogP contribution in [0.4, 0.5) is 0 Å². The molecule has 2 nitrogen and oxygen atoms in total. The molecule has 2 N–H and O–H groups in total. The van der Waals surface area contributed by atoms with Crippen LogP contribution in [0.3, 0.4) is 0 Å². The van der Waals surface area contributed by atoms with Crippen molar-refractivity contribution in [3.63, 3.8) is 0 Å². The van der Waals surface area contributed by atoms with E-state index in [1.165, 1.54) is 38.0 Å². The third-order valence-electron chi connectivity index (χ3n) is 3.44. The summed E-state index contributed by atoms with van der Waals surface area (Å²) in [6.07, 6.45) is 7.30. The van der Waals surface area contributed by atoms with E-state index in [4.69, 9.17) is 5.73 Å². The van der Waals surface area contributed by atoms with Crippen molar-refractivity contribution in [1.82, 2.24) is 4.90 Å². The van der Waals surface area contributed by atoms with Crippen LogP contribution in [-0.4, -0.2) is 43.1 Å². The summed E-state index contributed by atoms with van der Waals surface area (Å²) in [6, 6.07) is 0.699. The van der Waals surface area contributed by atoms with Gasteiger partial charge in [-0.15, -0.1) is 0 Å². The van der Waals surface area contributed by atoms with Crippen molar-refractivity contribution in [2.24, 2.45) is 11.7 Å². The Morgan fingerprint density at radius 3 is 2.50 bits per heavy atom. The Morgan fingerprint density at radius 2 is 2.00 bits per heavy atom. The van der Waals surface area contributed by atoms with E-state index in [1.807, 2.05) is 11.8 Å². The number of hydrogen-bond donors (Lipinski definition) is 1. The van der Waals surface area contributed by atoms with Crippen molar-refractivity contribution in [3.8, 4) is 0 Å². The maximum Gasteiger partial charge on any atom is 0.0154 e. The number of nitrogens with zero attached hydrogens (tertiary/aromatic N) is 1. The van der Waals surface area contributed by atoms with E-state index in [0.29, 0.717) is 6.04 Å². The average molecular weight is 246 g/mol. The molecule has 98 valence electrons. The van der Waals surface area contributed by atoms with Gasteiger partial charge in [-0.3, -0.25) is 0 Å². The molecular formula is C13H30N2S. The smallest absolute Gasteiger partial charge is 0.0154 e. The highest BCUT2D eigenvalue weighted by atomic mass is 32.2. The van der Waals surface area contributed by atoms with Gasteiger partial charge in [-0.05, 0) is 58.5 Å². The van der Waals surface area contributed by atoms with Crippen LogP contribution in [0.2, 0.25) is 0 Å². The van der Waals surface area contributed by atoms with Crippen molar-refractivity contribution >= 4 is 11.8 Å². The van der Waals surface area contributed by atoms with Gasteiger partial charge in [0.05, 0.1) is 0 Å². The molecule has 2 atom stereocenters. The van der Waals surface area contributed by atoms with Gasteiger partial charge in [-0.2, -0.15) is 11.8 Å². The molecule has 0 spiro atoms. The van der Waals surface area contributed by atoms with Gasteiger partial charge in [0.1, 0.15) is 0 Å². The summed E-state index contributed by atoms with van der Waals surface area (Å²) in [6.45, 7) is 6.66. The van der Waals surface area contributed by atoms with E-state index >= 15 is 0 Å². The fourth-order valence-corrected chi connectivity index (χ4v) is 2.74.